The van der Waals surface area contributed by atoms with Crippen LogP contribution in [0.3, 0.4) is 0 Å². The molecule has 7 nitrogen and oxygen atoms in total. The molecule has 2 aliphatic rings. The Morgan fingerprint density at radius 3 is 2.17 bits per heavy atom. The molecule has 2 aliphatic heterocycles. The smallest absolute Gasteiger partial charge is 0.399 e. The first-order valence-corrected chi connectivity index (χ1v) is 15.1. The highest BCUT2D eigenvalue weighted by molar-refractivity contribution is 7.94. The molecule has 0 atom stereocenters. The van der Waals surface area contributed by atoms with Crippen molar-refractivity contribution in [3.63, 3.8) is 0 Å². The van der Waals surface area contributed by atoms with Crippen molar-refractivity contribution in [1.82, 2.24) is 0 Å². The highest BCUT2D eigenvalue weighted by Gasteiger charge is 2.52. The predicted octanol–water partition coefficient (Wildman–Crippen LogP) is 3.44. The third kappa shape index (κ3) is 4.57. The molecule has 0 spiro atoms. The summed E-state index contributed by atoms with van der Waals surface area (Å²) in [4.78, 5) is 0. The van der Waals surface area contributed by atoms with E-state index in [-0.39, 0.29) is 14.2 Å². The minimum absolute atomic E-state index is 0. The van der Waals surface area contributed by atoms with E-state index in [2.05, 4.69) is 19.6 Å². The lowest BCUT2D eigenvalue weighted by atomic mass is 9.79. The normalized spacial score (nSPS) is 21.5. The van der Waals surface area contributed by atoms with Gasteiger partial charge in [0.1, 0.15) is 6.73 Å². The highest BCUT2D eigenvalue weighted by Crippen LogP contribution is 2.41. The van der Waals surface area contributed by atoms with E-state index >= 15 is 0 Å². The molecule has 0 aliphatic carbocycles. The zero-order valence-corrected chi connectivity index (χ0v) is 20.6. The van der Waals surface area contributed by atoms with E-state index in [1.807, 2.05) is 39.8 Å². The van der Waals surface area contributed by atoms with Crippen LogP contribution in [0.5, 0.6) is 0 Å². The van der Waals surface area contributed by atoms with Crippen LogP contribution in [0.2, 0.25) is 25.7 Å². The number of fused-ring (bicyclic) bond motifs is 1. The predicted molar refractivity (Wildman–Crippen MR) is 128 cm³/mol. The molecule has 0 bridgehead atoms. The summed E-state index contributed by atoms with van der Waals surface area (Å²) in [6, 6.07) is 6.49. The standard InChI is InChI=1S/C19H33BN2O5SSi.CH4/c1-18(2)19(3,4)27-20(26-18)15-9-10-16-17(13-15)21(5)28(23,24)22(16)14-25-11-12-29(6,7)8;/h9-10,13H,11-12,14H2,1-8H3;1H4. The van der Waals surface area contributed by atoms with Crippen molar-refractivity contribution in [3.8, 4) is 0 Å². The molecule has 10 heteroatoms. The van der Waals surface area contributed by atoms with Crippen LogP contribution >= 0.6 is 0 Å². The lowest BCUT2D eigenvalue weighted by molar-refractivity contribution is 0.00578. The minimum atomic E-state index is -3.66. The summed E-state index contributed by atoms with van der Waals surface area (Å²) < 4.78 is 46.4. The topological polar surface area (TPSA) is 68.3 Å². The lowest BCUT2D eigenvalue weighted by Gasteiger charge is -2.32. The molecule has 3 rings (SSSR count). The molecule has 1 aromatic rings. The fourth-order valence-corrected chi connectivity index (χ4v) is 5.25. The SMILES string of the molecule is C.CN1c2cc(B3OC(C)(C)C(C)(C)O3)ccc2N(COCC[Si](C)(C)C)S1(=O)=O. The molecule has 0 unspecified atom stereocenters. The third-order valence-corrected chi connectivity index (χ3v) is 9.41. The van der Waals surface area contributed by atoms with Crippen molar-refractivity contribution < 1.29 is 22.5 Å². The van der Waals surface area contributed by atoms with Gasteiger partial charge in [0, 0.05) is 21.7 Å². The summed E-state index contributed by atoms with van der Waals surface area (Å²) in [5, 5.41) is 0. The van der Waals surface area contributed by atoms with E-state index < -0.39 is 36.6 Å². The summed E-state index contributed by atoms with van der Waals surface area (Å²) in [7, 11) is -3.87. The first-order chi connectivity index (χ1) is 13.2. The second-order valence-corrected chi connectivity index (χ2v) is 17.5. The van der Waals surface area contributed by atoms with E-state index in [1.165, 1.54) is 8.61 Å². The van der Waals surface area contributed by atoms with Gasteiger partial charge in [-0.25, -0.2) is 4.31 Å². The van der Waals surface area contributed by atoms with Gasteiger partial charge in [0.25, 0.3) is 0 Å². The number of hydrogen-bond donors (Lipinski definition) is 0. The number of anilines is 2. The monoisotopic (exact) mass is 456 g/mol. The van der Waals surface area contributed by atoms with Crippen LogP contribution in [0.25, 0.3) is 0 Å². The minimum Gasteiger partial charge on any atom is -0.399 e. The van der Waals surface area contributed by atoms with Crippen LogP contribution in [0.4, 0.5) is 11.4 Å². The van der Waals surface area contributed by atoms with Crippen LogP contribution in [0, 0.1) is 0 Å². The van der Waals surface area contributed by atoms with Crippen molar-refractivity contribution >= 4 is 42.2 Å². The molecule has 170 valence electrons. The number of nitrogens with zero attached hydrogens (tertiary/aromatic N) is 2. The second kappa shape index (κ2) is 8.13. The zero-order valence-electron chi connectivity index (χ0n) is 18.8. The van der Waals surface area contributed by atoms with Gasteiger partial charge < -0.3 is 14.0 Å². The fraction of sp³-hybridized carbons (Fsp3) is 0.700. The van der Waals surface area contributed by atoms with Crippen molar-refractivity contribution in [3.05, 3.63) is 18.2 Å². The second-order valence-electron chi connectivity index (χ2n) is 10.0. The van der Waals surface area contributed by atoms with E-state index in [4.69, 9.17) is 14.0 Å². The molecule has 1 fully saturated rings. The van der Waals surface area contributed by atoms with E-state index in [0.717, 1.165) is 11.5 Å². The summed E-state index contributed by atoms with van der Waals surface area (Å²) in [5.74, 6) is 0. The van der Waals surface area contributed by atoms with Crippen molar-refractivity contribution in [2.45, 2.75) is 72.0 Å². The number of benzene rings is 1. The molecule has 1 aromatic carbocycles. The van der Waals surface area contributed by atoms with Gasteiger partial charge in [0.2, 0.25) is 0 Å². The first-order valence-electron chi connectivity index (χ1n) is 10.00. The van der Waals surface area contributed by atoms with E-state index in [0.29, 0.717) is 18.0 Å². The quantitative estimate of drug-likeness (QED) is 0.485. The molecule has 0 saturated carbocycles. The Bertz CT molecular complexity index is 870. The summed E-state index contributed by atoms with van der Waals surface area (Å²) in [6.07, 6.45) is 0. The van der Waals surface area contributed by atoms with E-state index in [1.54, 1.807) is 13.1 Å². The average molecular weight is 456 g/mol. The van der Waals surface area contributed by atoms with Crippen molar-refractivity contribution in [1.29, 1.82) is 0 Å². The summed E-state index contributed by atoms with van der Waals surface area (Å²) in [5.41, 5.74) is 1.10. The van der Waals surface area contributed by atoms with Gasteiger partial charge in [-0.05, 0) is 51.3 Å². The van der Waals surface area contributed by atoms with E-state index in [9.17, 15) is 8.42 Å². The van der Waals surface area contributed by atoms with Gasteiger partial charge in [-0.15, -0.1) is 0 Å². The van der Waals surface area contributed by atoms with Crippen LogP contribution in [0.1, 0.15) is 35.1 Å². The maximum absolute atomic E-state index is 12.9. The van der Waals surface area contributed by atoms with Crippen LogP contribution in [-0.2, 0) is 24.3 Å². The number of rotatable bonds is 6. The number of ether oxygens (including phenoxy) is 1. The van der Waals surface area contributed by atoms with Gasteiger partial charge in [-0.1, -0.05) is 33.1 Å². The molecule has 0 radical (unpaired) electrons. The van der Waals surface area contributed by atoms with Crippen LogP contribution in [0.15, 0.2) is 18.2 Å². The average Bonchev–Trinajstić information content (AvgIpc) is 2.90. The Balaban J connectivity index is 0.00000320. The Morgan fingerprint density at radius 1 is 1.07 bits per heavy atom. The summed E-state index contributed by atoms with van der Waals surface area (Å²) >= 11 is 0. The first kappa shape index (κ1) is 25.2. The number of hydrogen-bond acceptors (Lipinski definition) is 5. The largest absolute Gasteiger partial charge is 0.494 e. The molecule has 30 heavy (non-hydrogen) atoms. The third-order valence-electron chi connectivity index (χ3n) is 5.96. The molecular weight excluding hydrogens is 419 g/mol. The van der Waals surface area contributed by atoms with Gasteiger partial charge in [-0.3, -0.25) is 4.31 Å². The van der Waals surface area contributed by atoms with Crippen LogP contribution in [-0.4, -0.2) is 55.2 Å². The van der Waals surface area contributed by atoms with Crippen LogP contribution < -0.4 is 14.1 Å². The fourth-order valence-electron chi connectivity index (χ4n) is 3.19. The Hall–Kier alpha value is -1.07. The zero-order chi connectivity index (χ0) is 21.8. The van der Waals surface area contributed by atoms with Gasteiger partial charge >= 0.3 is 17.3 Å². The van der Waals surface area contributed by atoms with Gasteiger partial charge in [0.05, 0.1) is 22.6 Å². The highest BCUT2D eigenvalue weighted by atomic mass is 32.2. The maximum atomic E-state index is 12.9. The Morgan fingerprint density at radius 2 is 1.63 bits per heavy atom. The molecule has 0 amide bonds. The van der Waals surface area contributed by atoms with Crippen molar-refractivity contribution in [2.75, 3.05) is 29.0 Å². The summed E-state index contributed by atoms with van der Waals surface area (Å²) in [6.45, 7) is 15.4. The molecule has 1 saturated heterocycles. The van der Waals surface area contributed by atoms with Gasteiger partial charge in [0.15, 0.2) is 0 Å². The Kier molecular flexibility index (Phi) is 6.82. The molecule has 0 aromatic heterocycles. The molecule has 0 N–H and O–H groups in total. The maximum Gasteiger partial charge on any atom is 0.494 e. The van der Waals surface area contributed by atoms with Gasteiger partial charge in [-0.2, -0.15) is 8.42 Å². The van der Waals surface area contributed by atoms with Crippen molar-refractivity contribution in [2.24, 2.45) is 0 Å². The molecule has 2 heterocycles. The lowest BCUT2D eigenvalue weighted by Crippen LogP contribution is -2.41. The molecular formula is C20H37BN2O5SSi. The Labute approximate surface area is 184 Å².